The Morgan fingerprint density at radius 2 is 2.10 bits per heavy atom. The second-order valence-electron chi connectivity index (χ2n) is 6.16. The molecule has 1 aromatic heterocycles. The van der Waals surface area contributed by atoms with E-state index in [0.717, 1.165) is 31.7 Å². The summed E-state index contributed by atoms with van der Waals surface area (Å²) in [5.74, 6) is 0.207. The van der Waals surface area contributed by atoms with Gasteiger partial charge in [0, 0.05) is 31.7 Å². The molecule has 0 aromatic carbocycles. The summed E-state index contributed by atoms with van der Waals surface area (Å²) in [6.07, 6.45) is 1.92. The van der Waals surface area contributed by atoms with E-state index in [4.69, 9.17) is 4.74 Å². The molecule has 1 amide bonds. The third kappa shape index (κ3) is 4.25. The molecule has 1 fully saturated rings. The zero-order chi connectivity index (χ0) is 15.5. The lowest BCUT2D eigenvalue weighted by atomic mass is 9.92. The van der Waals surface area contributed by atoms with Crippen LogP contribution in [0, 0.1) is 0 Å². The van der Waals surface area contributed by atoms with Crippen LogP contribution >= 0.6 is 0 Å². The number of carbonyl (C=O) groups excluding carboxylic acids is 1. The molecule has 5 heteroatoms. The summed E-state index contributed by atoms with van der Waals surface area (Å²) in [4.78, 5) is 16.1. The van der Waals surface area contributed by atoms with Crippen molar-refractivity contribution in [2.24, 2.45) is 0 Å². The van der Waals surface area contributed by atoms with Gasteiger partial charge in [-0.1, -0.05) is 6.07 Å². The van der Waals surface area contributed by atoms with Crippen LogP contribution in [0.15, 0.2) is 18.2 Å². The molecule has 2 rings (SSSR count). The minimum Gasteiger partial charge on any atom is -0.388 e. The highest BCUT2D eigenvalue weighted by Gasteiger charge is 2.31. The van der Waals surface area contributed by atoms with Crippen LogP contribution in [0.25, 0.3) is 0 Å². The van der Waals surface area contributed by atoms with E-state index in [2.05, 4.69) is 10.3 Å². The van der Waals surface area contributed by atoms with Gasteiger partial charge in [-0.15, -0.1) is 0 Å². The van der Waals surface area contributed by atoms with Crippen molar-refractivity contribution >= 4 is 5.91 Å². The summed E-state index contributed by atoms with van der Waals surface area (Å²) >= 11 is 0. The average molecular weight is 292 g/mol. The highest BCUT2D eigenvalue weighted by Crippen LogP contribution is 2.29. The molecule has 1 aromatic rings. The van der Waals surface area contributed by atoms with Crippen LogP contribution in [0.3, 0.4) is 0 Å². The van der Waals surface area contributed by atoms with E-state index >= 15 is 0 Å². The number of nitrogens with one attached hydrogen (secondary N) is 1. The molecule has 0 saturated carbocycles. The fraction of sp³-hybridized carbons (Fsp3) is 0.625. The number of aliphatic hydroxyl groups is 1. The molecule has 116 valence electrons. The number of hydrogen-bond acceptors (Lipinski definition) is 4. The zero-order valence-electron chi connectivity index (χ0n) is 12.9. The summed E-state index contributed by atoms with van der Waals surface area (Å²) < 4.78 is 5.38. The van der Waals surface area contributed by atoms with Gasteiger partial charge in [-0.3, -0.25) is 9.78 Å². The number of carbonyl (C=O) groups is 1. The second kappa shape index (κ2) is 6.54. The molecule has 1 saturated heterocycles. The number of pyridine rings is 1. The molecule has 1 aliphatic rings. The topological polar surface area (TPSA) is 71.5 Å². The van der Waals surface area contributed by atoms with Crippen molar-refractivity contribution in [2.45, 2.75) is 51.2 Å². The summed E-state index contributed by atoms with van der Waals surface area (Å²) in [6, 6.07) is 5.28. The van der Waals surface area contributed by atoms with Gasteiger partial charge in [-0.25, -0.2) is 0 Å². The number of hydrogen-bond donors (Lipinski definition) is 2. The third-order valence-corrected chi connectivity index (χ3v) is 3.78. The smallest absolute Gasteiger partial charge is 0.217 e. The maximum atomic E-state index is 11.4. The van der Waals surface area contributed by atoms with Crippen molar-refractivity contribution in [3.05, 3.63) is 29.6 Å². The minimum absolute atomic E-state index is 0.180. The molecule has 1 atom stereocenters. The predicted molar refractivity (Wildman–Crippen MR) is 79.9 cm³/mol. The molecule has 0 aliphatic carbocycles. The molecular weight excluding hydrogens is 268 g/mol. The van der Waals surface area contributed by atoms with Gasteiger partial charge < -0.3 is 15.2 Å². The number of aromatic nitrogens is 1. The van der Waals surface area contributed by atoms with Crippen molar-refractivity contribution in [3.8, 4) is 0 Å². The Morgan fingerprint density at radius 1 is 1.43 bits per heavy atom. The molecular formula is C16H24N2O3. The van der Waals surface area contributed by atoms with Gasteiger partial charge >= 0.3 is 0 Å². The Morgan fingerprint density at radius 3 is 2.67 bits per heavy atom. The summed E-state index contributed by atoms with van der Waals surface area (Å²) in [5, 5.41) is 13.1. The van der Waals surface area contributed by atoms with Gasteiger partial charge in [0.1, 0.15) is 0 Å². The molecule has 1 aliphatic heterocycles. The first kappa shape index (κ1) is 15.9. The summed E-state index contributed by atoms with van der Waals surface area (Å²) in [7, 11) is 0. The standard InChI is InChI=1S/C16H24N2O3/c1-11(19)17-15(16(2,3)20)14-6-4-5-13(18-14)12-7-9-21-10-8-12/h4-6,12,15,20H,7-10H2,1-3H3,(H,17,19). The van der Waals surface area contributed by atoms with E-state index in [1.165, 1.54) is 6.92 Å². The van der Waals surface area contributed by atoms with E-state index in [0.29, 0.717) is 11.6 Å². The van der Waals surface area contributed by atoms with Crippen LogP contribution in [0.1, 0.15) is 57.0 Å². The third-order valence-electron chi connectivity index (χ3n) is 3.78. The van der Waals surface area contributed by atoms with Crippen LogP contribution in [-0.4, -0.2) is 34.8 Å². The van der Waals surface area contributed by atoms with Gasteiger partial charge in [0.15, 0.2) is 0 Å². The average Bonchev–Trinajstić information content (AvgIpc) is 2.44. The highest BCUT2D eigenvalue weighted by atomic mass is 16.5. The van der Waals surface area contributed by atoms with Crippen molar-refractivity contribution in [3.63, 3.8) is 0 Å². The van der Waals surface area contributed by atoms with Crippen LogP contribution in [0.5, 0.6) is 0 Å². The van der Waals surface area contributed by atoms with Crippen LogP contribution in [-0.2, 0) is 9.53 Å². The molecule has 0 bridgehead atoms. The highest BCUT2D eigenvalue weighted by molar-refractivity contribution is 5.73. The van der Waals surface area contributed by atoms with Crippen molar-refractivity contribution in [1.29, 1.82) is 0 Å². The van der Waals surface area contributed by atoms with E-state index < -0.39 is 11.6 Å². The summed E-state index contributed by atoms with van der Waals surface area (Å²) in [5.41, 5.74) is 0.629. The van der Waals surface area contributed by atoms with E-state index in [9.17, 15) is 9.90 Å². The van der Waals surface area contributed by atoms with Crippen molar-refractivity contribution in [2.75, 3.05) is 13.2 Å². The van der Waals surface area contributed by atoms with Crippen molar-refractivity contribution in [1.82, 2.24) is 10.3 Å². The lowest BCUT2D eigenvalue weighted by molar-refractivity contribution is -0.121. The largest absolute Gasteiger partial charge is 0.388 e. The zero-order valence-corrected chi connectivity index (χ0v) is 12.9. The second-order valence-corrected chi connectivity index (χ2v) is 6.16. The number of ether oxygens (including phenoxy) is 1. The first-order chi connectivity index (χ1) is 9.88. The fourth-order valence-electron chi connectivity index (χ4n) is 2.67. The van der Waals surface area contributed by atoms with Gasteiger partial charge in [-0.2, -0.15) is 0 Å². The molecule has 1 unspecified atom stereocenters. The number of nitrogens with zero attached hydrogens (tertiary/aromatic N) is 1. The Labute approximate surface area is 125 Å². The van der Waals surface area contributed by atoms with Gasteiger partial charge in [0.2, 0.25) is 5.91 Å². The predicted octanol–water partition coefficient (Wildman–Crippen LogP) is 1.92. The summed E-state index contributed by atoms with van der Waals surface area (Å²) in [6.45, 7) is 6.32. The SMILES string of the molecule is CC(=O)NC(c1cccc(C2CCOCC2)n1)C(C)(C)O. The van der Waals surface area contributed by atoms with Crippen LogP contribution < -0.4 is 5.32 Å². The molecule has 2 heterocycles. The Kier molecular flexibility index (Phi) is 4.96. The van der Waals surface area contributed by atoms with E-state index in [1.54, 1.807) is 13.8 Å². The van der Waals surface area contributed by atoms with E-state index in [1.807, 2.05) is 18.2 Å². The lowest BCUT2D eigenvalue weighted by Crippen LogP contribution is -2.41. The van der Waals surface area contributed by atoms with E-state index in [-0.39, 0.29) is 5.91 Å². The van der Waals surface area contributed by atoms with Gasteiger partial charge in [-0.05, 0) is 38.8 Å². The molecule has 0 radical (unpaired) electrons. The normalized spacial score (nSPS) is 18.3. The van der Waals surface area contributed by atoms with Gasteiger partial charge in [0.25, 0.3) is 0 Å². The maximum absolute atomic E-state index is 11.4. The van der Waals surface area contributed by atoms with Crippen LogP contribution in [0.4, 0.5) is 0 Å². The quantitative estimate of drug-likeness (QED) is 0.889. The molecule has 5 nitrogen and oxygen atoms in total. The Bertz CT molecular complexity index is 491. The molecule has 21 heavy (non-hydrogen) atoms. The van der Waals surface area contributed by atoms with Gasteiger partial charge in [0.05, 0.1) is 17.3 Å². The fourth-order valence-corrected chi connectivity index (χ4v) is 2.67. The number of amides is 1. The first-order valence-corrected chi connectivity index (χ1v) is 7.42. The molecule has 0 spiro atoms. The van der Waals surface area contributed by atoms with Crippen molar-refractivity contribution < 1.29 is 14.6 Å². The number of rotatable bonds is 4. The first-order valence-electron chi connectivity index (χ1n) is 7.42. The monoisotopic (exact) mass is 292 g/mol. The van der Waals surface area contributed by atoms with Crippen LogP contribution in [0.2, 0.25) is 0 Å². The molecule has 2 N–H and O–H groups in total. The maximum Gasteiger partial charge on any atom is 0.217 e. The Balaban J connectivity index is 2.26. The lowest BCUT2D eigenvalue weighted by Gasteiger charge is -2.30. The minimum atomic E-state index is -1.08. The Hall–Kier alpha value is -1.46.